The largest absolute Gasteiger partial charge is 0.481 e. The number of hydrogen-bond donors (Lipinski definition) is 2. The van der Waals surface area contributed by atoms with Crippen molar-refractivity contribution in [3.63, 3.8) is 0 Å². The second kappa shape index (κ2) is 8.53. The number of anilines is 1. The average Bonchev–Trinajstić information content (AvgIpc) is 3.22. The molecule has 1 aromatic carbocycles. The molecule has 1 aromatic heterocycles. The third kappa shape index (κ3) is 4.36. The first-order valence-electron chi connectivity index (χ1n) is 9.01. The van der Waals surface area contributed by atoms with Crippen LogP contribution in [-0.2, 0) is 6.54 Å². The molecule has 3 amide bonds. The molecule has 0 unspecified atom stereocenters. The summed E-state index contributed by atoms with van der Waals surface area (Å²) in [7, 11) is 1.54. The average molecular weight is 368 g/mol. The van der Waals surface area contributed by atoms with Gasteiger partial charge in [0.2, 0.25) is 5.88 Å². The van der Waals surface area contributed by atoms with Crippen molar-refractivity contribution in [3.05, 3.63) is 53.2 Å². The minimum absolute atomic E-state index is 0.0413. The maximum absolute atomic E-state index is 12.8. The van der Waals surface area contributed by atoms with Gasteiger partial charge in [0.15, 0.2) is 0 Å². The number of pyridine rings is 1. The number of amides is 3. The van der Waals surface area contributed by atoms with Crippen LogP contribution < -0.4 is 15.4 Å². The Morgan fingerprint density at radius 1 is 1.19 bits per heavy atom. The highest BCUT2D eigenvalue weighted by atomic mass is 16.5. The highest BCUT2D eigenvalue weighted by Gasteiger charge is 2.23. The van der Waals surface area contributed by atoms with E-state index in [-0.39, 0.29) is 18.5 Å². The van der Waals surface area contributed by atoms with Gasteiger partial charge in [-0.15, -0.1) is 0 Å². The number of urea groups is 1. The van der Waals surface area contributed by atoms with Crippen LogP contribution in [0.3, 0.4) is 0 Å². The first kappa shape index (κ1) is 18.7. The van der Waals surface area contributed by atoms with E-state index < -0.39 is 0 Å². The molecule has 0 aliphatic carbocycles. The van der Waals surface area contributed by atoms with Gasteiger partial charge in [-0.2, -0.15) is 0 Å². The first-order valence-corrected chi connectivity index (χ1v) is 9.01. The van der Waals surface area contributed by atoms with Crippen molar-refractivity contribution < 1.29 is 14.3 Å². The van der Waals surface area contributed by atoms with E-state index in [2.05, 4.69) is 15.6 Å². The number of carbonyl (C=O) groups excluding carboxylic acids is 2. The lowest BCUT2D eigenvalue weighted by atomic mass is 10.1. The number of aromatic nitrogens is 1. The normalized spacial score (nSPS) is 13.3. The molecule has 0 radical (unpaired) electrons. The van der Waals surface area contributed by atoms with Crippen LogP contribution in [0.2, 0.25) is 0 Å². The molecule has 0 spiro atoms. The second-order valence-electron chi connectivity index (χ2n) is 6.48. The van der Waals surface area contributed by atoms with Gasteiger partial charge in [-0.3, -0.25) is 4.79 Å². The topological polar surface area (TPSA) is 83.6 Å². The maximum Gasteiger partial charge on any atom is 0.319 e. The van der Waals surface area contributed by atoms with Crippen LogP contribution in [0.4, 0.5) is 10.5 Å². The molecule has 1 aliphatic rings. The Morgan fingerprint density at radius 3 is 2.70 bits per heavy atom. The summed E-state index contributed by atoms with van der Waals surface area (Å²) in [5, 5.41) is 5.62. The molecule has 7 heteroatoms. The molecule has 0 atom stereocenters. The molecule has 1 aliphatic heterocycles. The van der Waals surface area contributed by atoms with Crippen LogP contribution in [-0.4, -0.2) is 42.0 Å². The van der Waals surface area contributed by atoms with Gasteiger partial charge >= 0.3 is 6.03 Å². The fraction of sp³-hybridized carbons (Fsp3) is 0.350. The molecule has 2 aromatic rings. The van der Waals surface area contributed by atoms with Crippen LogP contribution in [0.25, 0.3) is 0 Å². The molecular formula is C20H24N4O3. The maximum atomic E-state index is 12.8. The summed E-state index contributed by atoms with van der Waals surface area (Å²) < 4.78 is 5.19. The zero-order chi connectivity index (χ0) is 19.2. The third-order valence-corrected chi connectivity index (χ3v) is 4.62. The smallest absolute Gasteiger partial charge is 0.319 e. The third-order valence-electron chi connectivity index (χ3n) is 4.62. The predicted octanol–water partition coefficient (Wildman–Crippen LogP) is 2.96. The summed E-state index contributed by atoms with van der Waals surface area (Å²) in [6.45, 7) is 3.67. The van der Waals surface area contributed by atoms with Crippen molar-refractivity contribution >= 4 is 17.6 Å². The highest BCUT2D eigenvalue weighted by Crippen LogP contribution is 2.24. The quantitative estimate of drug-likeness (QED) is 0.850. The van der Waals surface area contributed by atoms with Gasteiger partial charge in [0.25, 0.3) is 5.91 Å². The van der Waals surface area contributed by atoms with Crippen molar-refractivity contribution in [1.82, 2.24) is 15.2 Å². The molecule has 3 rings (SSSR count). The van der Waals surface area contributed by atoms with Gasteiger partial charge in [0.1, 0.15) is 0 Å². The van der Waals surface area contributed by atoms with Crippen molar-refractivity contribution in [2.45, 2.75) is 26.3 Å². The lowest BCUT2D eigenvalue weighted by molar-refractivity contribution is 0.0794. The Bertz CT molecular complexity index is 832. The summed E-state index contributed by atoms with van der Waals surface area (Å²) in [4.78, 5) is 31.2. The monoisotopic (exact) mass is 368 g/mol. The van der Waals surface area contributed by atoms with Gasteiger partial charge in [-0.1, -0.05) is 18.2 Å². The Labute approximate surface area is 158 Å². The molecule has 142 valence electrons. The molecule has 1 saturated heterocycles. The van der Waals surface area contributed by atoms with E-state index in [1.165, 1.54) is 7.11 Å². The van der Waals surface area contributed by atoms with Gasteiger partial charge in [-0.25, -0.2) is 9.78 Å². The summed E-state index contributed by atoms with van der Waals surface area (Å²) >= 11 is 0. The zero-order valence-electron chi connectivity index (χ0n) is 15.6. The number of rotatable bonds is 5. The van der Waals surface area contributed by atoms with E-state index in [0.29, 0.717) is 17.1 Å². The van der Waals surface area contributed by atoms with Crippen LogP contribution in [0.15, 0.2) is 36.5 Å². The second-order valence-corrected chi connectivity index (χ2v) is 6.48. The lowest BCUT2D eigenvalue weighted by Gasteiger charge is -2.19. The lowest BCUT2D eigenvalue weighted by Crippen LogP contribution is -2.32. The minimum Gasteiger partial charge on any atom is -0.481 e. The van der Waals surface area contributed by atoms with Crippen LogP contribution in [0, 0.1) is 6.92 Å². The number of nitrogens with zero attached hydrogens (tertiary/aromatic N) is 2. The number of aryl methyl sites for hydroxylation is 1. The molecule has 7 nitrogen and oxygen atoms in total. The number of hydrogen-bond acceptors (Lipinski definition) is 4. The van der Waals surface area contributed by atoms with E-state index in [9.17, 15) is 9.59 Å². The molecule has 2 heterocycles. The first-order chi connectivity index (χ1) is 13.1. The highest BCUT2D eigenvalue weighted by molar-refractivity contribution is 6.04. The summed E-state index contributed by atoms with van der Waals surface area (Å²) in [6.07, 6.45) is 3.67. The molecule has 1 fully saturated rings. The number of carbonyl (C=O) groups is 2. The number of para-hydroxylation sites is 1. The molecule has 2 N–H and O–H groups in total. The number of benzene rings is 1. The fourth-order valence-electron chi connectivity index (χ4n) is 3.18. The zero-order valence-corrected chi connectivity index (χ0v) is 15.6. The number of nitrogens with one attached hydrogen (secondary N) is 2. The Morgan fingerprint density at radius 2 is 1.96 bits per heavy atom. The molecule has 0 saturated carbocycles. The number of methoxy groups -OCH3 is 1. The summed E-state index contributed by atoms with van der Waals surface area (Å²) in [5.74, 6) is 0.430. The Kier molecular flexibility index (Phi) is 5.90. The van der Waals surface area contributed by atoms with E-state index in [0.717, 1.165) is 37.1 Å². The van der Waals surface area contributed by atoms with Crippen molar-refractivity contribution in [1.29, 1.82) is 0 Å². The minimum atomic E-state index is -0.384. The van der Waals surface area contributed by atoms with Gasteiger partial charge in [0, 0.05) is 31.4 Å². The van der Waals surface area contributed by atoms with E-state index in [1.807, 2.05) is 30.0 Å². The van der Waals surface area contributed by atoms with Gasteiger partial charge in [0.05, 0.1) is 18.4 Å². The van der Waals surface area contributed by atoms with E-state index in [4.69, 9.17) is 4.74 Å². The van der Waals surface area contributed by atoms with Crippen LogP contribution >= 0.6 is 0 Å². The Balaban J connectivity index is 1.71. The van der Waals surface area contributed by atoms with Gasteiger partial charge in [-0.05, 0) is 37.5 Å². The van der Waals surface area contributed by atoms with E-state index >= 15 is 0 Å². The molecular weight excluding hydrogens is 344 g/mol. The van der Waals surface area contributed by atoms with Crippen LogP contribution in [0.5, 0.6) is 5.88 Å². The van der Waals surface area contributed by atoms with Crippen LogP contribution in [0.1, 0.15) is 34.3 Å². The predicted molar refractivity (Wildman–Crippen MR) is 103 cm³/mol. The summed E-state index contributed by atoms with van der Waals surface area (Å²) in [5.41, 5.74) is 2.68. The summed E-state index contributed by atoms with van der Waals surface area (Å²) in [6, 6.07) is 8.70. The van der Waals surface area contributed by atoms with Crippen molar-refractivity contribution in [2.75, 3.05) is 25.5 Å². The van der Waals surface area contributed by atoms with Crippen molar-refractivity contribution in [3.8, 4) is 5.88 Å². The number of ether oxygens (including phenoxy) is 1. The standard InChI is InChI=1S/C20H24N4O3/c1-14-7-5-9-16(19(25)24-11-3-4-12-24)17(14)23-20(26)22-13-15-8-6-10-21-18(15)27-2/h5-10H,3-4,11-13H2,1-2H3,(H2,22,23,26). The Hall–Kier alpha value is -3.09. The van der Waals surface area contributed by atoms with Gasteiger partial charge < -0.3 is 20.3 Å². The van der Waals surface area contributed by atoms with Crippen molar-refractivity contribution in [2.24, 2.45) is 0 Å². The fourth-order valence-corrected chi connectivity index (χ4v) is 3.18. The SMILES string of the molecule is COc1ncccc1CNC(=O)Nc1c(C)cccc1C(=O)N1CCCC1. The molecule has 27 heavy (non-hydrogen) atoms. The number of likely N-dealkylation sites (tertiary alicyclic amines) is 1. The molecule has 0 bridgehead atoms. The van der Waals surface area contributed by atoms with E-state index in [1.54, 1.807) is 18.3 Å².